The third-order valence-electron chi connectivity index (χ3n) is 4.05. The zero-order valence-electron chi connectivity index (χ0n) is 13.7. The summed E-state index contributed by atoms with van der Waals surface area (Å²) in [6, 6.07) is 8.90. The van der Waals surface area contributed by atoms with E-state index in [0.717, 1.165) is 25.9 Å². The first-order valence-electron chi connectivity index (χ1n) is 7.82. The summed E-state index contributed by atoms with van der Waals surface area (Å²) in [6.07, 6.45) is 2.32. The predicted molar refractivity (Wildman–Crippen MR) is 90.6 cm³/mol. The molecule has 0 saturated carbocycles. The lowest BCUT2D eigenvalue weighted by atomic mass is 9.87. The number of alkyl halides is 1. The second-order valence-electron chi connectivity index (χ2n) is 6.67. The Bertz CT molecular complexity index is 373. The molecule has 1 aromatic carbocycles. The van der Waals surface area contributed by atoms with Gasteiger partial charge in [0.1, 0.15) is 0 Å². The maximum Gasteiger partial charge on any atom is 0.0488 e. The molecule has 0 aromatic heterocycles. The molecule has 114 valence electrons. The van der Waals surface area contributed by atoms with E-state index in [-0.39, 0.29) is 10.8 Å². The van der Waals surface area contributed by atoms with Gasteiger partial charge in [0.25, 0.3) is 0 Å². The van der Waals surface area contributed by atoms with Crippen LogP contribution in [0.5, 0.6) is 0 Å². The lowest BCUT2D eigenvalue weighted by Crippen LogP contribution is -2.28. The van der Waals surface area contributed by atoms with Crippen LogP contribution in [0.1, 0.15) is 58.6 Å². The van der Waals surface area contributed by atoms with Crippen LogP contribution in [-0.4, -0.2) is 11.9 Å². The van der Waals surface area contributed by atoms with E-state index in [4.69, 9.17) is 11.6 Å². The summed E-state index contributed by atoms with van der Waals surface area (Å²) in [5.41, 5.74) is 2.93. The van der Waals surface area contributed by atoms with Gasteiger partial charge in [-0.2, -0.15) is 0 Å². The zero-order valence-corrected chi connectivity index (χ0v) is 14.4. The van der Waals surface area contributed by atoms with Crippen LogP contribution in [0.25, 0.3) is 0 Å². The average molecular weight is 296 g/mol. The van der Waals surface area contributed by atoms with E-state index in [1.54, 1.807) is 0 Å². The van der Waals surface area contributed by atoms with Gasteiger partial charge in [-0.05, 0) is 22.5 Å². The van der Waals surface area contributed by atoms with Crippen molar-refractivity contribution in [2.24, 2.45) is 5.92 Å². The van der Waals surface area contributed by atoms with Crippen LogP contribution in [-0.2, 0) is 12.0 Å². The number of hydrogen-bond acceptors (Lipinski definition) is 1. The Hall–Kier alpha value is -0.530. The third-order valence-corrected chi connectivity index (χ3v) is 4.56. The van der Waals surface area contributed by atoms with Crippen LogP contribution < -0.4 is 5.32 Å². The van der Waals surface area contributed by atoms with Gasteiger partial charge < -0.3 is 5.32 Å². The number of halogens is 1. The fourth-order valence-corrected chi connectivity index (χ4v) is 2.91. The van der Waals surface area contributed by atoms with Gasteiger partial charge in [-0.3, -0.25) is 0 Å². The molecule has 0 aliphatic carbocycles. The Morgan fingerprint density at radius 2 is 1.60 bits per heavy atom. The lowest BCUT2D eigenvalue weighted by molar-refractivity contribution is 0.446. The summed E-state index contributed by atoms with van der Waals surface area (Å²) in [7, 11) is 0. The Morgan fingerprint density at radius 3 is 2.05 bits per heavy atom. The van der Waals surface area contributed by atoms with Gasteiger partial charge in [0.15, 0.2) is 0 Å². The molecule has 0 aliphatic heterocycles. The molecule has 1 aromatic rings. The van der Waals surface area contributed by atoms with E-state index in [0.29, 0.717) is 5.92 Å². The molecule has 1 rings (SSSR count). The molecule has 0 radical (unpaired) electrons. The summed E-state index contributed by atoms with van der Waals surface area (Å²) >= 11 is 6.44. The highest BCUT2D eigenvalue weighted by atomic mass is 35.5. The van der Waals surface area contributed by atoms with E-state index in [1.165, 1.54) is 11.1 Å². The van der Waals surface area contributed by atoms with E-state index in [1.807, 2.05) is 0 Å². The summed E-state index contributed by atoms with van der Waals surface area (Å²) in [6.45, 7) is 12.9. The van der Waals surface area contributed by atoms with Crippen LogP contribution in [0, 0.1) is 5.92 Å². The van der Waals surface area contributed by atoms with Crippen molar-refractivity contribution in [3.05, 3.63) is 35.4 Å². The van der Waals surface area contributed by atoms with Crippen molar-refractivity contribution in [1.29, 1.82) is 0 Å². The molecule has 0 saturated heterocycles. The summed E-state index contributed by atoms with van der Waals surface area (Å²) in [5.74, 6) is 0.618. The second-order valence-corrected chi connectivity index (χ2v) is 7.23. The number of nitrogens with one attached hydrogen (secondary N) is 1. The molecule has 0 fully saturated rings. The SMILES string of the molecule is CCC(CC)C(Cl)CNCc1ccc(C(C)(C)C)cc1. The topological polar surface area (TPSA) is 12.0 Å². The summed E-state index contributed by atoms with van der Waals surface area (Å²) in [4.78, 5) is 0. The maximum atomic E-state index is 6.44. The predicted octanol–water partition coefficient (Wildman–Crippen LogP) is 5.12. The lowest BCUT2D eigenvalue weighted by Gasteiger charge is -2.20. The molecule has 0 amide bonds. The van der Waals surface area contributed by atoms with Crippen LogP contribution in [0.3, 0.4) is 0 Å². The standard InChI is InChI=1S/C18H30ClN/c1-6-15(7-2)17(19)13-20-12-14-8-10-16(11-9-14)18(3,4)5/h8-11,15,17,20H,6-7,12-13H2,1-5H3. The van der Waals surface area contributed by atoms with E-state index < -0.39 is 0 Å². The highest BCUT2D eigenvalue weighted by Crippen LogP contribution is 2.22. The third kappa shape index (κ3) is 5.46. The summed E-state index contributed by atoms with van der Waals surface area (Å²) < 4.78 is 0. The second kappa shape index (κ2) is 8.05. The van der Waals surface area contributed by atoms with Gasteiger partial charge >= 0.3 is 0 Å². The van der Waals surface area contributed by atoms with Crippen molar-refractivity contribution >= 4 is 11.6 Å². The molecule has 1 atom stereocenters. The highest BCUT2D eigenvalue weighted by molar-refractivity contribution is 6.21. The minimum absolute atomic E-state index is 0.225. The van der Waals surface area contributed by atoms with Gasteiger partial charge in [-0.1, -0.05) is 71.7 Å². The quantitative estimate of drug-likeness (QED) is 0.689. The molecule has 1 N–H and O–H groups in total. The monoisotopic (exact) mass is 295 g/mol. The van der Waals surface area contributed by atoms with Crippen LogP contribution in [0.4, 0.5) is 0 Å². The first-order chi connectivity index (χ1) is 9.38. The van der Waals surface area contributed by atoms with E-state index in [9.17, 15) is 0 Å². The Labute approximate surface area is 130 Å². The van der Waals surface area contributed by atoms with Crippen molar-refractivity contribution in [1.82, 2.24) is 5.32 Å². The molecule has 2 heteroatoms. The molecular formula is C18H30ClN. The normalized spacial score (nSPS) is 13.8. The first-order valence-corrected chi connectivity index (χ1v) is 8.26. The number of rotatable bonds is 7. The van der Waals surface area contributed by atoms with Gasteiger partial charge in [-0.15, -0.1) is 11.6 Å². The molecular weight excluding hydrogens is 266 g/mol. The Morgan fingerprint density at radius 1 is 1.05 bits per heavy atom. The van der Waals surface area contributed by atoms with Crippen LogP contribution in [0.15, 0.2) is 24.3 Å². The Kier molecular flexibility index (Phi) is 7.05. The fourth-order valence-electron chi connectivity index (χ4n) is 2.44. The van der Waals surface area contributed by atoms with E-state index >= 15 is 0 Å². The first kappa shape index (κ1) is 17.5. The van der Waals surface area contributed by atoms with Crippen LogP contribution in [0.2, 0.25) is 0 Å². The molecule has 1 unspecified atom stereocenters. The summed E-state index contributed by atoms with van der Waals surface area (Å²) in [5, 5.41) is 3.71. The van der Waals surface area contributed by atoms with Gasteiger partial charge in [0.05, 0.1) is 0 Å². The van der Waals surface area contributed by atoms with Crippen molar-refractivity contribution < 1.29 is 0 Å². The van der Waals surface area contributed by atoms with Gasteiger partial charge in [-0.25, -0.2) is 0 Å². The van der Waals surface area contributed by atoms with Crippen molar-refractivity contribution in [3.8, 4) is 0 Å². The number of hydrogen-bond donors (Lipinski definition) is 1. The largest absolute Gasteiger partial charge is 0.311 e. The molecule has 0 spiro atoms. The van der Waals surface area contributed by atoms with Crippen molar-refractivity contribution in [3.63, 3.8) is 0 Å². The molecule has 0 heterocycles. The van der Waals surface area contributed by atoms with Crippen molar-refractivity contribution in [2.45, 2.75) is 64.8 Å². The minimum Gasteiger partial charge on any atom is -0.311 e. The zero-order chi connectivity index (χ0) is 15.2. The number of benzene rings is 1. The molecule has 0 aliphatic rings. The minimum atomic E-state index is 0.225. The van der Waals surface area contributed by atoms with Crippen LogP contribution >= 0.6 is 11.6 Å². The van der Waals surface area contributed by atoms with Gasteiger partial charge in [0, 0.05) is 18.5 Å². The van der Waals surface area contributed by atoms with Gasteiger partial charge in [0.2, 0.25) is 0 Å². The molecule has 0 bridgehead atoms. The Balaban J connectivity index is 2.43. The fraction of sp³-hybridized carbons (Fsp3) is 0.667. The van der Waals surface area contributed by atoms with Crippen molar-refractivity contribution in [2.75, 3.05) is 6.54 Å². The smallest absolute Gasteiger partial charge is 0.0488 e. The molecule has 1 nitrogen and oxygen atoms in total. The average Bonchev–Trinajstić information content (AvgIpc) is 2.39. The van der Waals surface area contributed by atoms with E-state index in [2.05, 4.69) is 64.2 Å². The maximum absolute atomic E-state index is 6.44. The highest BCUT2D eigenvalue weighted by Gasteiger charge is 2.15. The molecule has 20 heavy (non-hydrogen) atoms.